The summed E-state index contributed by atoms with van der Waals surface area (Å²) in [4.78, 5) is 2.76. The first-order chi connectivity index (χ1) is 11.9. The lowest BCUT2D eigenvalue weighted by atomic mass is 9.96. The van der Waals surface area contributed by atoms with Crippen LogP contribution in [0.25, 0.3) is 10.4 Å². The highest BCUT2D eigenvalue weighted by Gasteiger charge is 2.53. The largest absolute Gasteiger partial charge is 0.365 e. The Balaban J connectivity index is 1.91. The monoisotopic (exact) mass is 369 g/mol. The molecule has 0 N–H and O–H groups in total. The smallest absolute Gasteiger partial charge is 0.264 e. The number of nitrogens with zero attached hydrogens (tertiary/aromatic N) is 3. The number of methoxy groups -OCH3 is 1. The average molecular weight is 369 g/mol. The van der Waals surface area contributed by atoms with Crippen molar-refractivity contribution in [3.63, 3.8) is 0 Å². The fourth-order valence-corrected chi connectivity index (χ4v) is 3.90. The van der Waals surface area contributed by atoms with E-state index in [-0.39, 0.29) is 6.10 Å². The second-order valence-electron chi connectivity index (χ2n) is 5.97. The fourth-order valence-electron chi connectivity index (χ4n) is 3.27. The number of fused-ring (bicyclic) bond motifs is 1. The molecule has 1 aromatic rings. The van der Waals surface area contributed by atoms with Crippen molar-refractivity contribution in [2.24, 2.45) is 5.11 Å². The summed E-state index contributed by atoms with van der Waals surface area (Å²) in [5, 5.41) is 3.62. The van der Waals surface area contributed by atoms with Crippen LogP contribution in [0.5, 0.6) is 0 Å². The predicted molar refractivity (Wildman–Crippen MR) is 87.0 cm³/mol. The molecular weight excluding hydrogens is 350 g/mol. The molecule has 6 atom stereocenters. The Hall–Kier alpha value is -1.68. The number of rotatable bonds is 5. The highest BCUT2D eigenvalue weighted by Crippen LogP contribution is 2.42. The van der Waals surface area contributed by atoms with Crippen LogP contribution in [0.2, 0.25) is 0 Å². The lowest BCUT2D eigenvalue weighted by Crippen LogP contribution is -2.57. The van der Waals surface area contributed by atoms with Gasteiger partial charge in [-0.3, -0.25) is 4.18 Å². The summed E-state index contributed by atoms with van der Waals surface area (Å²) < 4.78 is 45.7. The molecule has 0 bridgehead atoms. The second-order valence-corrected chi connectivity index (χ2v) is 7.58. The van der Waals surface area contributed by atoms with E-state index in [0.29, 0.717) is 6.42 Å². The Bertz CT molecular complexity index is 752. The van der Waals surface area contributed by atoms with Crippen LogP contribution in [-0.2, 0) is 28.5 Å². The van der Waals surface area contributed by atoms with Crippen LogP contribution in [0.4, 0.5) is 0 Å². The lowest BCUT2D eigenvalue weighted by Gasteiger charge is -2.40. The molecule has 0 aromatic heterocycles. The maximum absolute atomic E-state index is 11.7. The van der Waals surface area contributed by atoms with Gasteiger partial charge in [0.15, 0.2) is 6.29 Å². The van der Waals surface area contributed by atoms with Crippen molar-refractivity contribution in [3.8, 4) is 0 Å². The van der Waals surface area contributed by atoms with E-state index in [4.69, 9.17) is 23.9 Å². The SMILES string of the molecule is CO[C@@H]1O[C@@H]2C[C@@H](c3ccccc3)O[C@@H]2[C@H](OS(C)(=O)=O)[C@H]1N=[N+]=[N-]. The van der Waals surface area contributed by atoms with Gasteiger partial charge in [-0.1, -0.05) is 35.4 Å². The van der Waals surface area contributed by atoms with E-state index in [2.05, 4.69) is 10.0 Å². The van der Waals surface area contributed by atoms with Gasteiger partial charge in [0.05, 0.1) is 18.5 Å². The summed E-state index contributed by atoms with van der Waals surface area (Å²) in [7, 11) is -2.41. The van der Waals surface area contributed by atoms with Gasteiger partial charge in [0, 0.05) is 18.4 Å². The molecule has 0 radical (unpaired) electrons. The average Bonchev–Trinajstić information content (AvgIpc) is 3.00. The molecular formula is C15H19N3O6S. The van der Waals surface area contributed by atoms with Crippen LogP contribution in [0.3, 0.4) is 0 Å². The van der Waals surface area contributed by atoms with Gasteiger partial charge in [0.1, 0.15) is 18.2 Å². The van der Waals surface area contributed by atoms with Crippen LogP contribution in [0.1, 0.15) is 18.1 Å². The molecule has 2 saturated heterocycles. The summed E-state index contributed by atoms with van der Waals surface area (Å²) in [6, 6.07) is 8.55. The first-order valence-corrected chi connectivity index (χ1v) is 9.55. The molecule has 2 heterocycles. The van der Waals surface area contributed by atoms with Crippen LogP contribution in [-0.4, -0.2) is 52.4 Å². The van der Waals surface area contributed by atoms with Crippen LogP contribution in [0, 0.1) is 0 Å². The van der Waals surface area contributed by atoms with Crippen LogP contribution < -0.4 is 0 Å². The molecule has 136 valence electrons. The molecule has 0 unspecified atom stereocenters. The zero-order valence-electron chi connectivity index (χ0n) is 13.8. The Labute approximate surface area is 145 Å². The molecule has 10 heteroatoms. The second kappa shape index (κ2) is 7.28. The van der Waals surface area contributed by atoms with E-state index in [0.717, 1.165) is 11.8 Å². The molecule has 2 aliphatic rings. The van der Waals surface area contributed by atoms with Gasteiger partial charge in [0.25, 0.3) is 10.1 Å². The summed E-state index contributed by atoms with van der Waals surface area (Å²) in [6.07, 6.45) is -1.89. The Morgan fingerprint density at radius 3 is 2.60 bits per heavy atom. The highest BCUT2D eigenvalue weighted by molar-refractivity contribution is 7.86. The molecule has 0 aliphatic carbocycles. The third-order valence-electron chi connectivity index (χ3n) is 4.26. The molecule has 9 nitrogen and oxygen atoms in total. The summed E-state index contributed by atoms with van der Waals surface area (Å²) in [5.74, 6) is 0. The van der Waals surface area contributed by atoms with Gasteiger partial charge in [-0.25, -0.2) is 0 Å². The van der Waals surface area contributed by atoms with Gasteiger partial charge in [-0.05, 0) is 11.1 Å². The predicted octanol–water partition coefficient (Wildman–Crippen LogP) is 1.91. The quantitative estimate of drug-likeness (QED) is 0.338. The normalized spacial score (nSPS) is 35.0. The van der Waals surface area contributed by atoms with Crippen LogP contribution >= 0.6 is 0 Å². The lowest BCUT2D eigenvalue weighted by molar-refractivity contribution is -0.234. The molecule has 2 aliphatic heterocycles. The van der Waals surface area contributed by atoms with E-state index in [1.54, 1.807) is 0 Å². The summed E-state index contributed by atoms with van der Waals surface area (Å²) >= 11 is 0. The summed E-state index contributed by atoms with van der Waals surface area (Å²) in [6.45, 7) is 0. The number of ether oxygens (including phenoxy) is 3. The minimum atomic E-state index is -3.80. The Morgan fingerprint density at radius 2 is 2.00 bits per heavy atom. The molecule has 0 spiro atoms. The minimum absolute atomic E-state index is 0.274. The van der Waals surface area contributed by atoms with E-state index < -0.39 is 40.8 Å². The zero-order chi connectivity index (χ0) is 18.0. The van der Waals surface area contributed by atoms with Gasteiger partial charge >= 0.3 is 0 Å². The highest BCUT2D eigenvalue weighted by atomic mass is 32.2. The standard InChI is InChI=1S/C15H19N3O6S/c1-21-15-12(17-18-16)14(24-25(2,19)20)13-11(23-15)8-10(22-13)9-6-4-3-5-7-9/h3-7,10-15H,8H2,1-2H3/t10-,11+,12+,13-,14+,15+/m0/s1. The number of hydrogen-bond donors (Lipinski definition) is 0. The number of azide groups is 1. The third-order valence-corrected chi connectivity index (χ3v) is 4.83. The van der Waals surface area contributed by atoms with Crippen molar-refractivity contribution in [2.75, 3.05) is 13.4 Å². The third kappa shape index (κ3) is 3.95. The van der Waals surface area contributed by atoms with Crippen molar-refractivity contribution in [1.82, 2.24) is 0 Å². The summed E-state index contributed by atoms with van der Waals surface area (Å²) in [5.41, 5.74) is 9.77. The maximum atomic E-state index is 11.7. The molecule has 0 saturated carbocycles. The van der Waals surface area contributed by atoms with Crippen LogP contribution in [0.15, 0.2) is 35.4 Å². The molecule has 2 fully saturated rings. The van der Waals surface area contributed by atoms with Gasteiger partial charge < -0.3 is 14.2 Å². The van der Waals surface area contributed by atoms with Crippen molar-refractivity contribution < 1.29 is 26.8 Å². The van der Waals surface area contributed by atoms with Crippen molar-refractivity contribution in [1.29, 1.82) is 0 Å². The van der Waals surface area contributed by atoms with E-state index in [1.165, 1.54) is 7.11 Å². The Morgan fingerprint density at radius 1 is 1.28 bits per heavy atom. The number of hydrogen-bond acceptors (Lipinski definition) is 7. The fraction of sp³-hybridized carbons (Fsp3) is 0.600. The molecule has 3 rings (SSSR count). The number of benzene rings is 1. The molecule has 0 amide bonds. The van der Waals surface area contributed by atoms with Gasteiger partial charge in [-0.2, -0.15) is 8.42 Å². The molecule has 1 aromatic carbocycles. The van der Waals surface area contributed by atoms with E-state index >= 15 is 0 Å². The van der Waals surface area contributed by atoms with E-state index in [1.807, 2.05) is 30.3 Å². The maximum Gasteiger partial charge on any atom is 0.264 e. The minimum Gasteiger partial charge on any atom is -0.365 e. The van der Waals surface area contributed by atoms with Crippen molar-refractivity contribution >= 4 is 10.1 Å². The Kier molecular flexibility index (Phi) is 5.28. The van der Waals surface area contributed by atoms with E-state index in [9.17, 15) is 8.42 Å². The van der Waals surface area contributed by atoms with Crippen molar-refractivity contribution in [2.45, 2.75) is 43.2 Å². The topological polar surface area (TPSA) is 120 Å². The van der Waals surface area contributed by atoms with Gasteiger partial charge in [0.2, 0.25) is 0 Å². The van der Waals surface area contributed by atoms with Gasteiger partial charge in [-0.15, -0.1) is 0 Å². The van der Waals surface area contributed by atoms with Crippen molar-refractivity contribution in [3.05, 3.63) is 46.3 Å². The first-order valence-electron chi connectivity index (χ1n) is 7.74. The first kappa shape index (κ1) is 18.1. The molecule has 25 heavy (non-hydrogen) atoms. The zero-order valence-corrected chi connectivity index (χ0v) is 14.6.